The quantitative estimate of drug-likeness (QED) is 0.730. The van der Waals surface area contributed by atoms with Crippen LogP contribution in [-0.2, 0) is 4.79 Å². The molecule has 0 aliphatic rings. The molecule has 3 rings (SSSR count). The fraction of sp³-hybridized carbons (Fsp3) is 0.118. The largest absolute Gasteiger partial charge is 0.481 e. The van der Waals surface area contributed by atoms with Gasteiger partial charge in [0.1, 0.15) is 18.4 Å². The van der Waals surface area contributed by atoms with Gasteiger partial charge in [0.05, 0.1) is 11.4 Å². The van der Waals surface area contributed by atoms with Crippen LogP contribution >= 0.6 is 23.2 Å². The van der Waals surface area contributed by atoms with E-state index in [-0.39, 0.29) is 5.91 Å². The zero-order valence-corrected chi connectivity index (χ0v) is 14.7. The van der Waals surface area contributed by atoms with Crippen molar-refractivity contribution in [2.45, 2.75) is 13.0 Å². The van der Waals surface area contributed by atoms with E-state index >= 15 is 0 Å². The molecular weight excluding hydrogens is 363 g/mol. The second-order valence-electron chi connectivity index (χ2n) is 5.21. The minimum atomic E-state index is -0.735. The highest BCUT2D eigenvalue weighted by Crippen LogP contribution is 2.25. The summed E-state index contributed by atoms with van der Waals surface area (Å²) >= 11 is 12.0. The van der Waals surface area contributed by atoms with Gasteiger partial charge in [0, 0.05) is 10.0 Å². The first-order valence-electron chi connectivity index (χ1n) is 7.40. The van der Waals surface area contributed by atoms with Crippen LogP contribution in [0.25, 0.3) is 5.69 Å². The molecule has 1 amide bonds. The number of rotatable bonds is 5. The molecule has 0 saturated heterocycles. The second kappa shape index (κ2) is 7.55. The highest BCUT2D eigenvalue weighted by Gasteiger charge is 2.17. The molecule has 1 unspecified atom stereocenters. The van der Waals surface area contributed by atoms with E-state index < -0.39 is 6.10 Å². The van der Waals surface area contributed by atoms with Gasteiger partial charge >= 0.3 is 0 Å². The van der Waals surface area contributed by atoms with Gasteiger partial charge < -0.3 is 10.1 Å². The lowest BCUT2D eigenvalue weighted by Crippen LogP contribution is -2.30. The summed E-state index contributed by atoms with van der Waals surface area (Å²) < 4.78 is 7.16. The van der Waals surface area contributed by atoms with Crippen LogP contribution in [0.2, 0.25) is 10.0 Å². The maximum atomic E-state index is 12.5. The molecule has 8 heteroatoms. The predicted molar refractivity (Wildman–Crippen MR) is 96.5 cm³/mol. The molecule has 0 radical (unpaired) electrons. The number of ether oxygens (including phenoxy) is 1. The molecule has 0 fully saturated rings. The van der Waals surface area contributed by atoms with Crippen LogP contribution in [0.1, 0.15) is 6.92 Å². The van der Waals surface area contributed by atoms with Crippen molar-refractivity contribution in [3.8, 4) is 11.4 Å². The number of aromatic nitrogens is 3. The predicted octanol–water partition coefficient (Wildman–Crippen LogP) is 3.98. The van der Waals surface area contributed by atoms with Crippen LogP contribution in [0.15, 0.2) is 55.1 Å². The van der Waals surface area contributed by atoms with Gasteiger partial charge in [-0.15, -0.1) is 0 Å². The summed E-state index contributed by atoms with van der Waals surface area (Å²) in [4.78, 5) is 16.4. The number of hydrogen-bond acceptors (Lipinski definition) is 4. The number of nitrogens with one attached hydrogen (secondary N) is 1. The van der Waals surface area contributed by atoms with Crippen LogP contribution in [-0.4, -0.2) is 26.8 Å². The average Bonchev–Trinajstić information content (AvgIpc) is 3.09. The van der Waals surface area contributed by atoms with Gasteiger partial charge in [-0.25, -0.2) is 9.67 Å². The summed E-state index contributed by atoms with van der Waals surface area (Å²) in [5, 5.41) is 7.90. The standard InChI is InChI=1S/C17H14Cl2N4O2/c1-11(25-14-4-2-3-12(18)7-14)17(24)22-15-8-13(19)5-6-16(15)23-10-20-9-21-23/h2-11H,1H3,(H,22,24). The molecule has 128 valence electrons. The summed E-state index contributed by atoms with van der Waals surface area (Å²) in [5.41, 5.74) is 1.15. The third-order valence-corrected chi connectivity index (χ3v) is 3.83. The van der Waals surface area contributed by atoms with Crippen LogP contribution in [0.5, 0.6) is 5.75 Å². The zero-order chi connectivity index (χ0) is 17.8. The van der Waals surface area contributed by atoms with Crippen molar-refractivity contribution in [1.82, 2.24) is 14.8 Å². The highest BCUT2D eigenvalue weighted by atomic mass is 35.5. The van der Waals surface area contributed by atoms with Crippen molar-refractivity contribution >= 4 is 34.8 Å². The molecule has 6 nitrogen and oxygen atoms in total. The number of nitrogens with zero attached hydrogens (tertiary/aromatic N) is 3. The maximum Gasteiger partial charge on any atom is 0.265 e. The second-order valence-corrected chi connectivity index (χ2v) is 6.08. The monoisotopic (exact) mass is 376 g/mol. The molecule has 1 N–H and O–H groups in total. The third kappa shape index (κ3) is 4.29. The lowest BCUT2D eigenvalue weighted by molar-refractivity contribution is -0.122. The number of halogens is 2. The molecule has 1 atom stereocenters. The lowest BCUT2D eigenvalue weighted by atomic mass is 10.2. The van der Waals surface area contributed by atoms with E-state index in [0.29, 0.717) is 27.2 Å². The van der Waals surface area contributed by atoms with Gasteiger partial charge in [-0.2, -0.15) is 5.10 Å². The molecule has 0 bridgehead atoms. The summed E-state index contributed by atoms with van der Waals surface area (Å²) in [6.07, 6.45) is 2.21. The van der Waals surface area contributed by atoms with E-state index in [0.717, 1.165) is 0 Å². The Labute approximate surface area is 154 Å². The summed E-state index contributed by atoms with van der Waals surface area (Å²) in [5.74, 6) is 0.182. The topological polar surface area (TPSA) is 69.0 Å². The van der Waals surface area contributed by atoms with Gasteiger partial charge in [0.2, 0.25) is 0 Å². The molecule has 0 saturated carbocycles. The number of anilines is 1. The number of carbonyl (C=O) groups is 1. The minimum Gasteiger partial charge on any atom is -0.481 e. The Morgan fingerprint density at radius 2 is 2.00 bits per heavy atom. The van der Waals surface area contributed by atoms with Gasteiger partial charge in [-0.05, 0) is 43.3 Å². The minimum absolute atomic E-state index is 0.330. The first-order chi connectivity index (χ1) is 12.0. The third-order valence-electron chi connectivity index (χ3n) is 3.36. The average molecular weight is 377 g/mol. The Kier molecular flexibility index (Phi) is 5.21. The van der Waals surface area contributed by atoms with E-state index in [1.165, 1.54) is 17.3 Å². The van der Waals surface area contributed by atoms with Crippen LogP contribution < -0.4 is 10.1 Å². The van der Waals surface area contributed by atoms with E-state index in [1.807, 2.05) is 0 Å². The van der Waals surface area contributed by atoms with Crippen LogP contribution in [0.3, 0.4) is 0 Å². The molecule has 1 aromatic heterocycles. The van der Waals surface area contributed by atoms with Gasteiger partial charge in [0.15, 0.2) is 6.10 Å². The normalized spacial score (nSPS) is 11.8. The summed E-state index contributed by atoms with van der Waals surface area (Å²) in [6.45, 7) is 1.65. The fourth-order valence-electron chi connectivity index (χ4n) is 2.17. The first kappa shape index (κ1) is 17.3. The van der Waals surface area contributed by atoms with Crippen molar-refractivity contribution in [2.24, 2.45) is 0 Å². The Morgan fingerprint density at radius 1 is 1.20 bits per heavy atom. The van der Waals surface area contributed by atoms with Crippen molar-refractivity contribution in [3.63, 3.8) is 0 Å². The molecule has 0 spiro atoms. The number of benzene rings is 2. The number of amides is 1. The van der Waals surface area contributed by atoms with Crippen LogP contribution in [0, 0.1) is 0 Å². The van der Waals surface area contributed by atoms with Gasteiger partial charge in [0.25, 0.3) is 5.91 Å². The Morgan fingerprint density at radius 3 is 2.72 bits per heavy atom. The SMILES string of the molecule is CC(Oc1cccc(Cl)c1)C(=O)Nc1cc(Cl)ccc1-n1cncn1. The van der Waals surface area contributed by atoms with Crippen molar-refractivity contribution < 1.29 is 9.53 Å². The van der Waals surface area contributed by atoms with Crippen molar-refractivity contribution in [3.05, 3.63) is 65.2 Å². The molecule has 2 aromatic carbocycles. The number of carbonyl (C=O) groups excluding carboxylic acids is 1. The smallest absolute Gasteiger partial charge is 0.265 e. The van der Waals surface area contributed by atoms with Crippen molar-refractivity contribution in [2.75, 3.05) is 5.32 Å². The fourth-order valence-corrected chi connectivity index (χ4v) is 2.53. The Balaban J connectivity index is 1.77. The van der Waals surface area contributed by atoms with E-state index in [4.69, 9.17) is 27.9 Å². The van der Waals surface area contributed by atoms with E-state index in [1.54, 1.807) is 49.4 Å². The van der Waals surface area contributed by atoms with Gasteiger partial charge in [-0.1, -0.05) is 29.3 Å². The van der Waals surface area contributed by atoms with E-state index in [2.05, 4.69) is 15.4 Å². The summed E-state index contributed by atoms with van der Waals surface area (Å²) in [7, 11) is 0. The van der Waals surface area contributed by atoms with E-state index in [9.17, 15) is 4.79 Å². The molecular formula is C17H14Cl2N4O2. The molecule has 25 heavy (non-hydrogen) atoms. The first-order valence-corrected chi connectivity index (χ1v) is 8.16. The van der Waals surface area contributed by atoms with Gasteiger partial charge in [-0.3, -0.25) is 4.79 Å². The molecule has 3 aromatic rings. The zero-order valence-electron chi connectivity index (χ0n) is 13.2. The van der Waals surface area contributed by atoms with Crippen LogP contribution in [0.4, 0.5) is 5.69 Å². The maximum absolute atomic E-state index is 12.5. The molecule has 0 aliphatic carbocycles. The molecule has 1 heterocycles. The molecule has 0 aliphatic heterocycles. The van der Waals surface area contributed by atoms with Crippen molar-refractivity contribution in [1.29, 1.82) is 0 Å². The Hall–Kier alpha value is -2.57. The summed E-state index contributed by atoms with van der Waals surface area (Å²) in [6, 6.07) is 12.0. The number of hydrogen-bond donors (Lipinski definition) is 1. The highest BCUT2D eigenvalue weighted by molar-refractivity contribution is 6.31. The lowest BCUT2D eigenvalue weighted by Gasteiger charge is -2.16. The Bertz CT molecular complexity index is 884.